The Hall–Kier alpha value is -3.21. The molecule has 8 nitrogen and oxygen atoms in total. The van der Waals surface area contributed by atoms with Gasteiger partial charge in [0.1, 0.15) is 12.9 Å². The molecule has 0 aliphatic heterocycles. The van der Waals surface area contributed by atoms with E-state index in [2.05, 4.69) is 19.6 Å². The van der Waals surface area contributed by atoms with E-state index in [1.807, 2.05) is 0 Å². The van der Waals surface area contributed by atoms with Crippen molar-refractivity contribution < 1.29 is 22.4 Å². The van der Waals surface area contributed by atoms with E-state index in [1.54, 1.807) is 12.1 Å². The van der Waals surface area contributed by atoms with Crippen molar-refractivity contribution in [3.8, 4) is 17.3 Å². The minimum Gasteiger partial charge on any atom is -0.471 e. The second-order valence-corrected chi connectivity index (χ2v) is 5.81. The fraction of sp³-hybridized carbons (Fsp3) is 0.188. The molecular weight excluding hydrogens is 403 g/mol. The minimum atomic E-state index is -4.72. The van der Waals surface area contributed by atoms with Gasteiger partial charge in [0.2, 0.25) is 11.7 Å². The number of alkyl halides is 3. The Morgan fingerprint density at radius 1 is 1.29 bits per heavy atom. The number of nitrogens with one attached hydrogen (secondary N) is 1. The smallest absolute Gasteiger partial charge is 0.471 e. The van der Waals surface area contributed by atoms with E-state index in [9.17, 15) is 18.0 Å². The molecule has 3 aromatic rings. The van der Waals surface area contributed by atoms with Gasteiger partial charge in [-0.3, -0.25) is 9.36 Å². The molecule has 0 unspecified atom stereocenters. The van der Waals surface area contributed by atoms with Crippen LogP contribution in [0.3, 0.4) is 0 Å². The van der Waals surface area contributed by atoms with Crippen LogP contribution >= 0.6 is 11.6 Å². The zero-order chi connectivity index (χ0) is 20.3. The summed E-state index contributed by atoms with van der Waals surface area (Å²) in [5, 5.41) is 10.00. The maximum absolute atomic E-state index is 12.5. The lowest BCUT2D eigenvalue weighted by Gasteiger charge is -2.09. The summed E-state index contributed by atoms with van der Waals surface area (Å²) in [6.07, 6.45) is -2.48. The molecule has 1 aromatic carbocycles. The van der Waals surface area contributed by atoms with Gasteiger partial charge in [0.25, 0.3) is 5.56 Å². The van der Waals surface area contributed by atoms with Gasteiger partial charge in [0.15, 0.2) is 5.02 Å². The van der Waals surface area contributed by atoms with Gasteiger partial charge in [-0.05, 0) is 5.56 Å². The molecule has 0 saturated carbocycles. The number of halogens is 4. The minimum absolute atomic E-state index is 0.0657. The lowest BCUT2D eigenvalue weighted by molar-refractivity contribution is -0.159. The molecule has 2 heterocycles. The fourth-order valence-corrected chi connectivity index (χ4v) is 2.41. The van der Waals surface area contributed by atoms with E-state index < -0.39 is 17.6 Å². The molecule has 0 atom stereocenters. The van der Waals surface area contributed by atoms with E-state index in [1.165, 1.54) is 23.0 Å². The Labute approximate surface area is 160 Å². The molecule has 146 valence electrons. The monoisotopic (exact) mass is 413 g/mol. The number of ether oxygens (including phenoxy) is 1. The lowest BCUT2D eigenvalue weighted by Crippen LogP contribution is -2.22. The highest BCUT2D eigenvalue weighted by atomic mass is 35.5. The second kappa shape index (κ2) is 7.80. The van der Waals surface area contributed by atoms with E-state index in [-0.39, 0.29) is 29.9 Å². The number of rotatable bonds is 6. The maximum atomic E-state index is 12.5. The molecule has 0 aliphatic carbocycles. The third-order valence-corrected chi connectivity index (χ3v) is 3.81. The van der Waals surface area contributed by atoms with Gasteiger partial charge in [-0.15, -0.1) is 0 Å². The highest BCUT2D eigenvalue weighted by Crippen LogP contribution is 2.29. The van der Waals surface area contributed by atoms with Crippen LogP contribution in [0.25, 0.3) is 11.4 Å². The maximum Gasteiger partial charge on any atom is 0.471 e. The van der Waals surface area contributed by atoms with Gasteiger partial charge >= 0.3 is 12.1 Å². The Bertz CT molecular complexity index is 1050. The van der Waals surface area contributed by atoms with Gasteiger partial charge in [0.05, 0.1) is 6.54 Å². The summed E-state index contributed by atoms with van der Waals surface area (Å²) in [7, 11) is 0. The quantitative estimate of drug-likeness (QED) is 0.622. The standard InChI is InChI=1S/C16H11ClF3N5O3/c17-11-13(27-6-5-21)22-8-25(14(11)26)7-9-1-3-10(4-2-9)12-23-15(28-24-12)16(18,19)20/h1-5,8,21H,6-7H2. The number of hydrogen-bond acceptors (Lipinski definition) is 7. The Balaban J connectivity index is 1.78. The first-order chi connectivity index (χ1) is 13.3. The first-order valence-corrected chi connectivity index (χ1v) is 8.04. The first-order valence-electron chi connectivity index (χ1n) is 7.66. The normalized spacial score (nSPS) is 11.4. The third-order valence-electron chi connectivity index (χ3n) is 3.49. The first kappa shape index (κ1) is 19.5. The number of aromatic nitrogens is 4. The zero-order valence-electron chi connectivity index (χ0n) is 13.9. The molecule has 12 heteroatoms. The van der Waals surface area contributed by atoms with Gasteiger partial charge in [-0.25, -0.2) is 4.98 Å². The van der Waals surface area contributed by atoms with E-state index in [4.69, 9.17) is 21.7 Å². The van der Waals surface area contributed by atoms with Crippen LogP contribution in [0.1, 0.15) is 11.5 Å². The topological polar surface area (TPSA) is 107 Å². The molecule has 3 rings (SSSR count). The zero-order valence-corrected chi connectivity index (χ0v) is 14.7. The predicted octanol–water partition coefficient (Wildman–Crippen LogP) is 3.04. The van der Waals surface area contributed by atoms with Crippen LogP contribution < -0.4 is 10.3 Å². The Morgan fingerprint density at radius 3 is 2.61 bits per heavy atom. The summed E-state index contributed by atoms with van der Waals surface area (Å²) < 4.78 is 48.1. The molecule has 0 amide bonds. The van der Waals surface area contributed by atoms with Crippen molar-refractivity contribution in [2.75, 3.05) is 6.61 Å². The lowest BCUT2D eigenvalue weighted by atomic mass is 10.1. The molecule has 28 heavy (non-hydrogen) atoms. The highest BCUT2D eigenvalue weighted by molar-refractivity contribution is 6.31. The van der Waals surface area contributed by atoms with Crippen LogP contribution in [0.4, 0.5) is 13.2 Å². The number of nitrogens with zero attached hydrogens (tertiary/aromatic N) is 4. The van der Waals surface area contributed by atoms with E-state index >= 15 is 0 Å². The Kier molecular flexibility index (Phi) is 5.45. The van der Waals surface area contributed by atoms with Crippen molar-refractivity contribution >= 4 is 17.8 Å². The van der Waals surface area contributed by atoms with Crippen molar-refractivity contribution in [2.24, 2.45) is 0 Å². The summed E-state index contributed by atoms with van der Waals surface area (Å²) in [5.74, 6) is -1.70. The number of hydrogen-bond donors (Lipinski definition) is 1. The predicted molar refractivity (Wildman–Crippen MR) is 91.6 cm³/mol. The SMILES string of the molecule is N=CCOc1ncn(Cc2ccc(-c3noc(C(F)(F)F)n3)cc2)c(=O)c1Cl. The molecule has 0 radical (unpaired) electrons. The van der Waals surface area contributed by atoms with Crippen molar-refractivity contribution in [3.63, 3.8) is 0 Å². The van der Waals surface area contributed by atoms with Crippen molar-refractivity contribution in [1.82, 2.24) is 19.7 Å². The molecule has 1 N–H and O–H groups in total. The summed E-state index contributed by atoms with van der Waals surface area (Å²) in [6.45, 7) is 0.0561. The number of benzene rings is 1. The van der Waals surface area contributed by atoms with E-state index in [0.717, 1.165) is 6.21 Å². The summed E-state index contributed by atoms with van der Waals surface area (Å²) in [4.78, 5) is 19.5. The average molecular weight is 414 g/mol. The van der Waals surface area contributed by atoms with Crippen LogP contribution in [0.2, 0.25) is 5.02 Å². The fourth-order valence-electron chi connectivity index (χ4n) is 2.19. The van der Waals surface area contributed by atoms with Crippen LogP contribution in [-0.2, 0) is 12.7 Å². The van der Waals surface area contributed by atoms with Gasteiger partial charge < -0.3 is 14.7 Å². The average Bonchev–Trinajstić information content (AvgIpc) is 3.16. The van der Waals surface area contributed by atoms with E-state index in [0.29, 0.717) is 11.1 Å². The van der Waals surface area contributed by atoms with Gasteiger partial charge in [-0.1, -0.05) is 41.0 Å². The van der Waals surface area contributed by atoms with Crippen LogP contribution in [0.15, 0.2) is 39.9 Å². The van der Waals surface area contributed by atoms with Crippen LogP contribution in [0, 0.1) is 5.41 Å². The largest absolute Gasteiger partial charge is 0.471 e. The summed E-state index contributed by atoms with van der Waals surface area (Å²) >= 11 is 5.93. The second-order valence-electron chi connectivity index (χ2n) is 5.43. The third kappa shape index (κ3) is 4.19. The molecule has 0 saturated heterocycles. The molecule has 0 bridgehead atoms. The summed E-state index contributed by atoms with van der Waals surface area (Å²) in [6, 6.07) is 6.20. The van der Waals surface area contributed by atoms with Crippen LogP contribution in [-0.4, -0.2) is 32.5 Å². The van der Waals surface area contributed by atoms with Crippen molar-refractivity contribution in [1.29, 1.82) is 5.41 Å². The highest BCUT2D eigenvalue weighted by Gasteiger charge is 2.38. The molecule has 0 aliphatic rings. The summed E-state index contributed by atoms with van der Waals surface area (Å²) in [5.41, 5.74) is 0.451. The molecule has 0 fully saturated rings. The molecule has 2 aromatic heterocycles. The van der Waals surface area contributed by atoms with Crippen LogP contribution in [0.5, 0.6) is 5.88 Å². The molecule has 0 spiro atoms. The van der Waals surface area contributed by atoms with Gasteiger partial charge in [0, 0.05) is 11.8 Å². The molecular formula is C16H11ClF3N5O3. The van der Waals surface area contributed by atoms with Crippen molar-refractivity contribution in [2.45, 2.75) is 12.7 Å². The van der Waals surface area contributed by atoms with Gasteiger partial charge in [-0.2, -0.15) is 18.2 Å². The Morgan fingerprint density at radius 2 is 2.00 bits per heavy atom. The van der Waals surface area contributed by atoms with Crippen molar-refractivity contribution in [3.05, 3.63) is 57.4 Å².